The number of hydrogen-bond acceptors (Lipinski definition) is 2. The molecule has 102 valence electrons. The first-order valence-corrected chi connectivity index (χ1v) is 6.18. The highest BCUT2D eigenvalue weighted by Gasteiger charge is 2.12. The standard InChI is InChI=1S/C14H17F2N3/c1-9(2)14-10(8-19(3)18-14)7-17-13-5-4-11(15)6-12(13)16/h4-6,8-9,17H,7H2,1-3H3. The summed E-state index contributed by atoms with van der Waals surface area (Å²) in [7, 11) is 1.86. The Labute approximate surface area is 111 Å². The van der Waals surface area contributed by atoms with E-state index in [0.717, 1.165) is 17.3 Å². The molecule has 1 aromatic carbocycles. The number of nitrogens with zero attached hydrogens (tertiary/aromatic N) is 2. The molecule has 19 heavy (non-hydrogen) atoms. The largest absolute Gasteiger partial charge is 0.378 e. The topological polar surface area (TPSA) is 29.9 Å². The zero-order chi connectivity index (χ0) is 14.0. The third kappa shape index (κ3) is 3.10. The maximum atomic E-state index is 13.5. The van der Waals surface area contributed by atoms with Gasteiger partial charge in [-0.2, -0.15) is 5.10 Å². The highest BCUT2D eigenvalue weighted by Crippen LogP contribution is 2.20. The Morgan fingerprint density at radius 3 is 2.68 bits per heavy atom. The first-order valence-electron chi connectivity index (χ1n) is 6.18. The van der Waals surface area contributed by atoms with Crippen LogP contribution in [0.2, 0.25) is 0 Å². The van der Waals surface area contributed by atoms with Gasteiger partial charge in [-0.1, -0.05) is 13.8 Å². The van der Waals surface area contributed by atoms with Crippen molar-refractivity contribution in [1.29, 1.82) is 0 Å². The molecule has 3 nitrogen and oxygen atoms in total. The fourth-order valence-corrected chi connectivity index (χ4v) is 2.00. The summed E-state index contributed by atoms with van der Waals surface area (Å²) in [5.41, 5.74) is 2.29. The van der Waals surface area contributed by atoms with Crippen LogP contribution in [0.1, 0.15) is 31.0 Å². The third-order valence-corrected chi connectivity index (χ3v) is 2.88. The van der Waals surface area contributed by atoms with Crippen LogP contribution in [0.15, 0.2) is 24.4 Å². The molecule has 0 radical (unpaired) electrons. The van der Waals surface area contributed by atoms with Gasteiger partial charge in [-0.05, 0) is 18.1 Å². The number of benzene rings is 1. The fraction of sp³-hybridized carbons (Fsp3) is 0.357. The Morgan fingerprint density at radius 1 is 1.32 bits per heavy atom. The van der Waals surface area contributed by atoms with Crippen molar-refractivity contribution in [1.82, 2.24) is 9.78 Å². The van der Waals surface area contributed by atoms with Crippen LogP contribution >= 0.6 is 0 Å². The number of nitrogens with one attached hydrogen (secondary N) is 1. The molecular formula is C14H17F2N3. The van der Waals surface area contributed by atoms with Crippen molar-refractivity contribution in [2.24, 2.45) is 7.05 Å². The van der Waals surface area contributed by atoms with E-state index in [1.807, 2.05) is 13.2 Å². The van der Waals surface area contributed by atoms with Crippen LogP contribution in [0.25, 0.3) is 0 Å². The first-order chi connectivity index (χ1) is 8.97. The molecular weight excluding hydrogens is 248 g/mol. The molecule has 0 amide bonds. The van der Waals surface area contributed by atoms with Gasteiger partial charge in [0.2, 0.25) is 0 Å². The van der Waals surface area contributed by atoms with Crippen LogP contribution in [0.5, 0.6) is 0 Å². The molecule has 0 fully saturated rings. The average Bonchev–Trinajstić information content (AvgIpc) is 2.69. The molecule has 0 spiro atoms. The van der Waals surface area contributed by atoms with Crippen LogP contribution in [-0.4, -0.2) is 9.78 Å². The Balaban J connectivity index is 2.14. The van der Waals surface area contributed by atoms with Gasteiger partial charge in [0.25, 0.3) is 0 Å². The lowest BCUT2D eigenvalue weighted by Gasteiger charge is -2.09. The number of aromatic nitrogens is 2. The summed E-state index contributed by atoms with van der Waals surface area (Å²) in [5, 5.41) is 7.35. The predicted octanol–water partition coefficient (Wildman–Crippen LogP) is 3.43. The van der Waals surface area contributed by atoms with Gasteiger partial charge in [-0.15, -0.1) is 0 Å². The monoisotopic (exact) mass is 265 g/mol. The predicted molar refractivity (Wildman–Crippen MR) is 71.0 cm³/mol. The van der Waals surface area contributed by atoms with Gasteiger partial charge in [0.15, 0.2) is 0 Å². The third-order valence-electron chi connectivity index (χ3n) is 2.88. The van der Waals surface area contributed by atoms with E-state index in [4.69, 9.17) is 0 Å². The van der Waals surface area contributed by atoms with Crippen molar-refractivity contribution in [3.05, 3.63) is 47.3 Å². The van der Waals surface area contributed by atoms with Crippen molar-refractivity contribution in [3.63, 3.8) is 0 Å². The second-order valence-electron chi connectivity index (χ2n) is 4.85. The molecule has 2 rings (SSSR count). The maximum Gasteiger partial charge on any atom is 0.149 e. The lowest BCUT2D eigenvalue weighted by Crippen LogP contribution is -2.04. The van der Waals surface area contributed by atoms with E-state index >= 15 is 0 Å². The van der Waals surface area contributed by atoms with Crippen molar-refractivity contribution in [2.45, 2.75) is 26.3 Å². The molecule has 0 aliphatic heterocycles. The van der Waals surface area contributed by atoms with Crippen LogP contribution < -0.4 is 5.32 Å². The van der Waals surface area contributed by atoms with Gasteiger partial charge in [-0.25, -0.2) is 8.78 Å². The summed E-state index contributed by atoms with van der Waals surface area (Å²) in [6, 6.07) is 3.50. The molecule has 1 heterocycles. The zero-order valence-corrected chi connectivity index (χ0v) is 11.2. The lowest BCUT2D eigenvalue weighted by molar-refractivity contribution is 0.585. The Bertz CT molecular complexity index is 576. The molecule has 0 aliphatic rings. The smallest absolute Gasteiger partial charge is 0.149 e. The van der Waals surface area contributed by atoms with E-state index in [1.54, 1.807) is 4.68 Å². The van der Waals surface area contributed by atoms with Crippen LogP contribution in [-0.2, 0) is 13.6 Å². The second-order valence-corrected chi connectivity index (χ2v) is 4.85. The van der Waals surface area contributed by atoms with Crippen LogP contribution in [0.4, 0.5) is 14.5 Å². The molecule has 0 bridgehead atoms. The molecule has 0 aliphatic carbocycles. The highest BCUT2D eigenvalue weighted by molar-refractivity contribution is 5.45. The number of anilines is 1. The van der Waals surface area contributed by atoms with Gasteiger partial charge in [0.1, 0.15) is 11.6 Å². The van der Waals surface area contributed by atoms with E-state index in [-0.39, 0.29) is 0 Å². The molecule has 0 saturated heterocycles. The maximum absolute atomic E-state index is 13.5. The van der Waals surface area contributed by atoms with Gasteiger partial charge in [-0.3, -0.25) is 4.68 Å². The van der Waals surface area contributed by atoms with Gasteiger partial charge in [0, 0.05) is 31.4 Å². The van der Waals surface area contributed by atoms with Crippen LogP contribution in [0, 0.1) is 11.6 Å². The van der Waals surface area contributed by atoms with Crippen LogP contribution in [0.3, 0.4) is 0 Å². The van der Waals surface area contributed by atoms with Gasteiger partial charge in [0.05, 0.1) is 11.4 Å². The number of halogens is 2. The Kier molecular flexibility index (Phi) is 3.83. The fourth-order valence-electron chi connectivity index (χ4n) is 2.00. The molecule has 5 heteroatoms. The average molecular weight is 265 g/mol. The van der Waals surface area contributed by atoms with Gasteiger partial charge >= 0.3 is 0 Å². The minimum atomic E-state index is -0.588. The molecule has 0 unspecified atom stereocenters. The zero-order valence-electron chi connectivity index (χ0n) is 11.2. The summed E-state index contributed by atoms with van der Waals surface area (Å²) in [6.45, 7) is 4.58. The van der Waals surface area contributed by atoms with Crippen molar-refractivity contribution in [3.8, 4) is 0 Å². The normalized spacial score (nSPS) is 11.1. The van der Waals surface area contributed by atoms with E-state index < -0.39 is 11.6 Å². The minimum absolute atomic E-state index is 0.292. The molecule has 0 atom stereocenters. The van der Waals surface area contributed by atoms with Gasteiger partial charge < -0.3 is 5.32 Å². The summed E-state index contributed by atoms with van der Waals surface area (Å²) in [4.78, 5) is 0. The molecule has 2 aromatic rings. The van der Waals surface area contributed by atoms with Crippen molar-refractivity contribution in [2.75, 3.05) is 5.32 Å². The second kappa shape index (κ2) is 5.38. The summed E-state index contributed by atoms with van der Waals surface area (Å²) >= 11 is 0. The minimum Gasteiger partial charge on any atom is -0.378 e. The number of rotatable bonds is 4. The first kappa shape index (κ1) is 13.5. The van der Waals surface area contributed by atoms with E-state index in [0.29, 0.717) is 18.2 Å². The molecule has 1 N–H and O–H groups in total. The summed E-state index contributed by atoms with van der Waals surface area (Å²) in [5.74, 6) is -0.863. The Morgan fingerprint density at radius 2 is 2.05 bits per heavy atom. The van der Waals surface area contributed by atoms with Crippen molar-refractivity contribution >= 4 is 5.69 Å². The number of hydrogen-bond donors (Lipinski definition) is 1. The molecule has 1 aromatic heterocycles. The van der Waals surface area contributed by atoms with E-state index in [2.05, 4.69) is 24.3 Å². The summed E-state index contributed by atoms with van der Waals surface area (Å²) in [6.07, 6.45) is 1.91. The molecule has 0 saturated carbocycles. The quantitative estimate of drug-likeness (QED) is 0.917. The van der Waals surface area contributed by atoms with E-state index in [1.165, 1.54) is 12.1 Å². The SMILES string of the molecule is CC(C)c1nn(C)cc1CNc1ccc(F)cc1F. The summed E-state index contributed by atoms with van der Waals surface area (Å²) < 4.78 is 28.0. The van der Waals surface area contributed by atoms with E-state index in [9.17, 15) is 8.78 Å². The van der Waals surface area contributed by atoms with Crippen molar-refractivity contribution < 1.29 is 8.78 Å². The lowest BCUT2D eigenvalue weighted by atomic mass is 10.1. The number of aryl methyl sites for hydroxylation is 1. The Hall–Kier alpha value is -1.91. The highest BCUT2D eigenvalue weighted by atomic mass is 19.1.